The molecule has 2 atom stereocenters. The van der Waals surface area contributed by atoms with E-state index in [4.69, 9.17) is 27.7 Å². The van der Waals surface area contributed by atoms with Crippen molar-refractivity contribution in [2.24, 2.45) is 11.5 Å². The Morgan fingerprint density at radius 1 is 1.06 bits per heavy atom. The van der Waals surface area contributed by atoms with Gasteiger partial charge in [0.2, 0.25) is 0 Å². The molecule has 1 heterocycles. The molecular weight excluding hydrogens is 206 g/mol. The van der Waals surface area contributed by atoms with Gasteiger partial charge >= 0.3 is 0 Å². The molecule has 6 heteroatoms. The van der Waals surface area contributed by atoms with Crippen molar-refractivity contribution in [1.82, 2.24) is 0 Å². The molecule has 1 aliphatic heterocycles. The van der Waals surface area contributed by atoms with Crippen LogP contribution < -0.4 is 27.8 Å². The third-order valence-corrected chi connectivity index (χ3v) is 2.59. The zero-order valence-corrected chi connectivity index (χ0v) is 8.97. The van der Waals surface area contributed by atoms with E-state index in [2.05, 4.69) is 0 Å². The van der Waals surface area contributed by atoms with Gasteiger partial charge < -0.3 is 32.6 Å². The van der Waals surface area contributed by atoms with Crippen LogP contribution in [0.3, 0.4) is 0 Å². The number of nitrogens with two attached hydrogens (primary N) is 4. The third kappa shape index (κ3) is 2.19. The molecule has 0 saturated carbocycles. The molecule has 0 amide bonds. The fraction of sp³-hybridized carbons (Fsp3) is 0.400. The number of ether oxygens (including phenoxy) is 1. The first-order valence-corrected chi connectivity index (χ1v) is 5.13. The van der Waals surface area contributed by atoms with Gasteiger partial charge in [0.05, 0.1) is 24.5 Å². The van der Waals surface area contributed by atoms with Gasteiger partial charge in [0, 0.05) is 5.69 Å². The van der Waals surface area contributed by atoms with E-state index in [-0.39, 0.29) is 12.5 Å². The molecule has 1 aromatic rings. The van der Waals surface area contributed by atoms with Crippen LogP contribution >= 0.6 is 0 Å². The fourth-order valence-electron chi connectivity index (χ4n) is 1.79. The SMILES string of the molecule is Nc1ccc(N2CC(N)OC(N)C2)cc1N. The van der Waals surface area contributed by atoms with Crippen LogP contribution in [-0.4, -0.2) is 25.5 Å². The predicted octanol–water partition coefficient (Wildman–Crippen LogP) is -0.743. The highest BCUT2D eigenvalue weighted by Crippen LogP contribution is 2.24. The minimum absolute atomic E-state index is 0.373. The number of nitrogen functional groups attached to an aromatic ring is 2. The molecule has 8 N–H and O–H groups in total. The van der Waals surface area contributed by atoms with Crippen LogP contribution in [0, 0.1) is 0 Å². The minimum Gasteiger partial charge on any atom is -0.397 e. The van der Waals surface area contributed by atoms with Gasteiger partial charge in [0.1, 0.15) is 12.5 Å². The Kier molecular flexibility index (Phi) is 2.86. The zero-order chi connectivity index (χ0) is 11.7. The summed E-state index contributed by atoms with van der Waals surface area (Å²) in [5, 5.41) is 0. The van der Waals surface area contributed by atoms with Crippen molar-refractivity contribution in [3.8, 4) is 0 Å². The molecule has 0 bridgehead atoms. The first kappa shape index (κ1) is 11.0. The van der Waals surface area contributed by atoms with E-state index in [0.29, 0.717) is 24.5 Å². The maximum Gasteiger partial charge on any atom is 0.125 e. The molecule has 88 valence electrons. The second-order valence-corrected chi connectivity index (χ2v) is 3.93. The summed E-state index contributed by atoms with van der Waals surface area (Å²) in [6.45, 7) is 1.19. The molecule has 0 spiro atoms. The number of morpholine rings is 1. The number of anilines is 3. The van der Waals surface area contributed by atoms with Gasteiger partial charge in [-0.3, -0.25) is 0 Å². The molecule has 1 aliphatic rings. The van der Waals surface area contributed by atoms with Gasteiger partial charge in [-0.15, -0.1) is 0 Å². The van der Waals surface area contributed by atoms with E-state index >= 15 is 0 Å². The van der Waals surface area contributed by atoms with Crippen molar-refractivity contribution < 1.29 is 4.74 Å². The molecule has 1 fully saturated rings. The number of hydrogen-bond acceptors (Lipinski definition) is 6. The molecule has 2 rings (SSSR count). The Morgan fingerprint density at radius 2 is 1.69 bits per heavy atom. The van der Waals surface area contributed by atoms with Crippen LogP contribution in [0.5, 0.6) is 0 Å². The van der Waals surface area contributed by atoms with Crippen molar-refractivity contribution >= 4 is 17.1 Å². The molecule has 1 aromatic carbocycles. The van der Waals surface area contributed by atoms with E-state index in [9.17, 15) is 0 Å². The predicted molar refractivity (Wildman–Crippen MR) is 64.5 cm³/mol. The Hall–Kier alpha value is -1.50. The molecule has 2 unspecified atom stereocenters. The summed E-state index contributed by atoms with van der Waals surface area (Å²) in [4.78, 5) is 2.04. The molecule has 0 radical (unpaired) electrons. The average Bonchev–Trinajstić information content (AvgIpc) is 2.20. The average molecular weight is 223 g/mol. The summed E-state index contributed by atoms with van der Waals surface area (Å²) in [5.74, 6) is 0. The molecular formula is C10H17N5O. The van der Waals surface area contributed by atoms with Gasteiger partial charge in [-0.25, -0.2) is 0 Å². The Bertz CT molecular complexity index is 373. The second-order valence-electron chi connectivity index (χ2n) is 3.93. The lowest BCUT2D eigenvalue weighted by molar-refractivity contribution is -0.0184. The van der Waals surface area contributed by atoms with Gasteiger partial charge in [-0.05, 0) is 18.2 Å². The van der Waals surface area contributed by atoms with E-state index < -0.39 is 0 Å². The van der Waals surface area contributed by atoms with Gasteiger partial charge in [-0.1, -0.05) is 0 Å². The van der Waals surface area contributed by atoms with Crippen LogP contribution in [0.1, 0.15) is 0 Å². The molecule has 1 saturated heterocycles. The molecule has 16 heavy (non-hydrogen) atoms. The van der Waals surface area contributed by atoms with Crippen LogP contribution in [0.15, 0.2) is 18.2 Å². The highest BCUT2D eigenvalue weighted by molar-refractivity contribution is 5.69. The minimum atomic E-state index is -0.373. The fourth-order valence-corrected chi connectivity index (χ4v) is 1.79. The maximum atomic E-state index is 5.75. The van der Waals surface area contributed by atoms with E-state index in [1.54, 1.807) is 6.07 Å². The Balaban J connectivity index is 2.19. The zero-order valence-electron chi connectivity index (χ0n) is 8.97. The summed E-state index contributed by atoms with van der Waals surface area (Å²) in [6.07, 6.45) is -0.745. The van der Waals surface area contributed by atoms with Crippen LogP contribution in [0.4, 0.5) is 17.1 Å². The Labute approximate surface area is 94.1 Å². The lowest BCUT2D eigenvalue weighted by Crippen LogP contribution is -2.54. The molecule has 0 aliphatic carbocycles. The summed E-state index contributed by atoms with van der Waals surface area (Å²) in [5.41, 5.74) is 24.9. The smallest absolute Gasteiger partial charge is 0.125 e. The number of nitrogens with zero attached hydrogens (tertiary/aromatic N) is 1. The summed E-state index contributed by atoms with van der Waals surface area (Å²) in [7, 11) is 0. The maximum absolute atomic E-state index is 5.75. The van der Waals surface area contributed by atoms with E-state index in [1.807, 2.05) is 17.0 Å². The lowest BCUT2D eigenvalue weighted by atomic mass is 10.2. The van der Waals surface area contributed by atoms with Crippen molar-refractivity contribution in [1.29, 1.82) is 0 Å². The van der Waals surface area contributed by atoms with Gasteiger partial charge in [0.15, 0.2) is 0 Å². The summed E-state index contributed by atoms with van der Waals surface area (Å²) >= 11 is 0. The van der Waals surface area contributed by atoms with Gasteiger partial charge in [0.25, 0.3) is 0 Å². The summed E-state index contributed by atoms with van der Waals surface area (Å²) < 4.78 is 5.25. The quantitative estimate of drug-likeness (QED) is 0.466. The van der Waals surface area contributed by atoms with E-state index in [1.165, 1.54) is 0 Å². The van der Waals surface area contributed by atoms with Crippen molar-refractivity contribution in [3.63, 3.8) is 0 Å². The summed E-state index contributed by atoms with van der Waals surface area (Å²) in [6, 6.07) is 5.49. The first-order chi connectivity index (χ1) is 7.56. The monoisotopic (exact) mass is 223 g/mol. The van der Waals surface area contributed by atoms with Crippen LogP contribution in [0.2, 0.25) is 0 Å². The highest BCUT2D eigenvalue weighted by atomic mass is 16.5. The highest BCUT2D eigenvalue weighted by Gasteiger charge is 2.23. The second kappa shape index (κ2) is 4.17. The van der Waals surface area contributed by atoms with Crippen molar-refractivity contribution in [2.75, 3.05) is 29.5 Å². The van der Waals surface area contributed by atoms with Gasteiger partial charge in [-0.2, -0.15) is 0 Å². The largest absolute Gasteiger partial charge is 0.397 e. The third-order valence-electron chi connectivity index (χ3n) is 2.59. The molecule has 0 aromatic heterocycles. The standard InChI is InChI=1S/C10H17N5O/c11-7-2-1-6(3-8(7)12)15-4-9(13)16-10(14)5-15/h1-3,9-10H,4-5,11-14H2. The normalized spacial score (nSPS) is 25.8. The Morgan fingerprint density at radius 3 is 2.25 bits per heavy atom. The topological polar surface area (TPSA) is 117 Å². The van der Waals surface area contributed by atoms with Crippen molar-refractivity contribution in [3.05, 3.63) is 18.2 Å². The van der Waals surface area contributed by atoms with Crippen LogP contribution in [0.25, 0.3) is 0 Å². The lowest BCUT2D eigenvalue weighted by Gasteiger charge is -2.36. The van der Waals surface area contributed by atoms with Crippen LogP contribution in [-0.2, 0) is 4.74 Å². The first-order valence-electron chi connectivity index (χ1n) is 5.13. The molecule has 6 nitrogen and oxygen atoms in total. The number of hydrogen-bond donors (Lipinski definition) is 4. The van der Waals surface area contributed by atoms with E-state index in [0.717, 1.165) is 5.69 Å². The van der Waals surface area contributed by atoms with Crippen molar-refractivity contribution in [2.45, 2.75) is 12.5 Å². The number of rotatable bonds is 1. The number of benzene rings is 1.